The van der Waals surface area contributed by atoms with E-state index in [1.165, 1.54) is 7.11 Å². The van der Waals surface area contributed by atoms with Gasteiger partial charge in [0.1, 0.15) is 5.75 Å². The van der Waals surface area contributed by atoms with E-state index in [4.69, 9.17) is 4.74 Å². The van der Waals surface area contributed by atoms with Gasteiger partial charge in [-0.2, -0.15) is 13.2 Å². The normalized spacial score (nSPS) is 18.6. The van der Waals surface area contributed by atoms with Crippen LogP contribution in [0.2, 0.25) is 0 Å². The number of rotatable bonds is 5. The van der Waals surface area contributed by atoms with Crippen LogP contribution in [0.4, 0.5) is 23.7 Å². The molecule has 3 rings (SSSR count). The third-order valence-corrected chi connectivity index (χ3v) is 4.22. The van der Waals surface area contributed by atoms with E-state index >= 15 is 0 Å². The number of nitrogens with zero attached hydrogens (tertiary/aromatic N) is 1. The Morgan fingerprint density at radius 3 is 2.62 bits per heavy atom. The van der Waals surface area contributed by atoms with Gasteiger partial charge in [0.15, 0.2) is 0 Å². The number of methoxy groups -OCH3 is 1. The number of alkyl halides is 3. The van der Waals surface area contributed by atoms with Crippen molar-refractivity contribution in [3.63, 3.8) is 0 Å². The average Bonchev–Trinajstić information content (AvgIpc) is 3.10. The van der Waals surface area contributed by atoms with E-state index < -0.39 is 24.4 Å². The lowest BCUT2D eigenvalue weighted by atomic mass is 10.0. The van der Waals surface area contributed by atoms with Gasteiger partial charge >= 0.3 is 18.0 Å². The zero-order valence-electron chi connectivity index (χ0n) is 15.3. The Bertz CT molecular complexity index is 916. The summed E-state index contributed by atoms with van der Waals surface area (Å²) < 4.78 is 43.4. The molecule has 1 aliphatic rings. The maximum atomic E-state index is 12.8. The molecule has 0 fully saturated rings. The molecular formula is C19H18F3N3O4. The van der Waals surface area contributed by atoms with Crippen LogP contribution in [-0.2, 0) is 11.4 Å². The molecule has 0 aliphatic carbocycles. The molecule has 154 valence electrons. The summed E-state index contributed by atoms with van der Waals surface area (Å²) in [5, 5.41) is 18.2. The fraction of sp³-hybridized carbons (Fsp3) is 0.263. The van der Waals surface area contributed by atoms with E-state index in [0.29, 0.717) is 17.0 Å². The molecule has 0 bridgehead atoms. The Hall–Kier alpha value is -3.27. The summed E-state index contributed by atoms with van der Waals surface area (Å²) in [5.74, 6) is -2.70. The van der Waals surface area contributed by atoms with Gasteiger partial charge in [-0.3, -0.25) is 0 Å². The van der Waals surface area contributed by atoms with Gasteiger partial charge in [0, 0.05) is 18.3 Å². The van der Waals surface area contributed by atoms with E-state index in [9.17, 15) is 23.1 Å². The van der Waals surface area contributed by atoms with Crippen molar-refractivity contribution >= 4 is 17.4 Å². The van der Waals surface area contributed by atoms with Crippen LogP contribution in [0.15, 0.2) is 53.7 Å². The molecule has 1 unspecified atom stereocenters. The molecule has 1 atom stereocenters. The second kappa shape index (κ2) is 8.00. The molecule has 1 heterocycles. The molecule has 7 nitrogen and oxygen atoms in total. The van der Waals surface area contributed by atoms with Gasteiger partial charge in [0.05, 0.1) is 19.2 Å². The van der Waals surface area contributed by atoms with Crippen molar-refractivity contribution in [1.29, 1.82) is 0 Å². The molecule has 0 saturated carbocycles. The van der Waals surface area contributed by atoms with E-state index in [2.05, 4.69) is 20.6 Å². The van der Waals surface area contributed by atoms with E-state index in [0.717, 1.165) is 5.56 Å². The summed E-state index contributed by atoms with van der Waals surface area (Å²) in [4.78, 5) is 16.2. The Morgan fingerprint density at radius 1 is 1.28 bits per heavy atom. The number of ether oxygens (including phenoxy) is 1. The van der Waals surface area contributed by atoms with Gasteiger partial charge < -0.3 is 25.3 Å². The van der Waals surface area contributed by atoms with Crippen LogP contribution >= 0.6 is 0 Å². The largest absolute Gasteiger partial charge is 0.497 e. The number of urea groups is 1. The number of aliphatic hydroxyl groups is 1. The molecule has 0 aromatic heterocycles. The van der Waals surface area contributed by atoms with Gasteiger partial charge in [0.25, 0.3) is 0 Å². The molecule has 0 saturated heterocycles. The van der Waals surface area contributed by atoms with Gasteiger partial charge in [-0.05, 0) is 23.3 Å². The lowest BCUT2D eigenvalue weighted by Gasteiger charge is -2.22. The maximum absolute atomic E-state index is 12.8. The molecule has 29 heavy (non-hydrogen) atoms. The summed E-state index contributed by atoms with van der Waals surface area (Å²) in [5.41, 5.74) is 1.66. The van der Waals surface area contributed by atoms with Crippen molar-refractivity contribution in [3.8, 4) is 5.75 Å². The molecule has 3 N–H and O–H groups in total. The minimum atomic E-state index is -4.95. The van der Waals surface area contributed by atoms with Crippen molar-refractivity contribution < 1.29 is 32.6 Å². The number of oxime groups is 1. The van der Waals surface area contributed by atoms with E-state index in [1.807, 2.05) is 0 Å². The number of hydrogen-bond donors (Lipinski definition) is 3. The smallest absolute Gasteiger partial charge is 0.458 e. The summed E-state index contributed by atoms with van der Waals surface area (Å²) in [7, 11) is 1.52. The molecule has 0 radical (unpaired) electrons. The highest BCUT2D eigenvalue weighted by molar-refractivity contribution is 6.01. The van der Waals surface area contributed by atoms with Crippen LogP contribution in [0.5, 0.6) is 5.75 Å². The number of hydrogen-bond acceptors (Lipinski definition) is 5. The second-order valence-corrected chi connectivity index (χ2v) is 6.32. The van der Waals surface area contributed by atoms with Gasteiger partial charge in [0.2, 0.25) is 0 Å². The first kappa shape index (κ1) is 20.5. The highest BCUT2D eigenvalue weighted by Crippen LogP contribution is 2.38. The minimum absolute atomic E-state index is 0.0138. The highest BCUT2D eigenvalue weighted by atomic mass is 19.4. The second-order valence-electron chi connectivity index (χ2n) is 6.32. The topological polar surface area (TPSA) is 92.2 Å². The quantitative estimate of drug-likeness (QED) is 0.706. The first-order valence-electron chi connectivity index (χ1n) is 8.52. The lowest BCUT2D eigenvalue weighted by Crippen LogP contribution is -2.45. The Kier molecular flexibility index (Phi) is 5.64. The fourth-order valence-corrected chi connectivity index (χ4v) is 2.60. The van der Waals surface area contributed by atoms with E-state index in [-0.39, 0.29) is 12.3 Å². The van der Waals surface area contributed by atoms with Crippen LogP contribution in [0.25, 0.3) is 0 Å². The summed E-state index contributed by atoms with van der Waals surface area (Å²) in [6.07, 6.45) is -5.74. The lowest BCUT2D eigenvalue weighted by molar-refractivity contribution is -0.355. The molecule has 2 amide bonds. The zero-order chi connectivity index (χ0) is 21.1. The predicted octanol–water partition coefficient (Wildman–Crippen LogP) is 3.39. The number of amides is 2. The summed E-state index contributed by atoms with van der Waals surface area (Å²) in [6.45, 7) is 0.200. The van der Waals surface area contributed by atoms with Crippen LogP contribution < -0.4 is 15.4 Å². The molecule has 2 aromatic rings. The molecular weight excluding hydrogens is 391 g/mol. The molecule has 10 heteroatoms. The Morgan fingerprint density at radius 2 is 2.00 bits per heavy atom. The molecule has 2 aromatic carbocycles. The average molecular weight is 409 g/mol. The molecule has 1 aliphatic heterocycles. The number of carbonyl (C=O) groups is 1. The van der Waals surface area contributed by atoms with Crippen LogP contribution in [-0.4, -0.2) is 35.9 Å². The van der Waals surface area contributed by atoms with Crippen LogP contribution in [0, 0.1) is 0 Å². The first-order chi connectivity index (χ1) is 13.7. The van der Waals surface area contributed by atoms with Crippen molar-refractivity contribution in [2.24, 2.45) is 5.16 Å². The van der Waals surface area contributed by atoms with Crippen molar-refractivity contribution in [2.45, 2.75) is 24.9 Å². The minimum Gasteiger partial charge on any atom is -0.497 e. The molecule has 0 spiro atoms. The number of anilines is 1. The number of nitrogens with one attached hydrogen (secondary N) is 2. The summed E-state index contributed by atoms with van der Waals surface area (Å²) in [6, 6.07) is 12.8. The van der Waals surface area contributed by atoms with Crippen molar-refractivity contribution in [3.05, 3.63) is 59.7 Å². The number of halogens is 3. The van der Waals surface area contributed by atoms with Gasteiger partial charge in [-0.25, -0.2) is 4.79 Å². The Labute approximate surface area is 164 Å². The van der Waals surface area contributed by atoms with Gasteiger partial charge in [-0.15, -0.1) is 0 Å². The fourth-order valence-electron chi connectivity index (χ4n) is 2.60. The van der Waals surface area contributed by atoms with Crippen LogP contribution in [0.1, 0.15) is 17.5 Å². The maximum Gasteiger partial charge on any atom is 0.458 e. The monoisotopic (exact) mass is 409 g/mol. The van der Waals surface area contributed by atoms with Gasteiger partial charge in [-0.1, -0.05) is 35.5 Å². The number of benzene rings is 2. The highest BCUT2D eigenvalue weighted by Gasteiger charge is 2.60. The SMILES string of the molecule is COc1cccc(NC(=O)NCc2ccc(C3=NOC(O)(C(F)(F)F)C3)cc2)c1. The van der Waals surface area contributed by atoms with E-state index in [1.54, 1.807) is 48.5 Å². The first-order valence-corrected chi connectivity index (χ1v) is 8.52. The Balaban J connectivity index is 1.54. The van der Waals surface area contributed by atoms with Crippen molar-refractivity contribution in [1.82, 2.24) is 5.32 Å². The predicted molar refractivity (Wildman–Crippen MR) is 98.5 cm³/mol. The third-order valence-electron chi connectivity index (χ3n) is 4.22. The van der Waals surface area contributed by atoms with Crippen LogP contribution in [0.3, 0.4) is 0 Å². The number of carbonyl (C=O) groups excluding carboxylic acids is 1. The standard InChI is InChI=1S/C19H18F3N3O4/c1-28-15-4-2-3-14(9-15)24-17(26)23-11-12-5-7-13(8-6-12)16-10-18(27,29-25-16)19(20,21)22/h2-9,27H,10-11H2,1H3,(H2,23,24,26). The third kappa shape index (κ3) is 4.77. The van der Waals surface area contributed by atoms with Crippen molar-refractivity contribution in [2.75, 3.05) is 12.4 Å². The summed E-state index contributed by atoms with van der Waals surface area (Å²) >= 11 is 0. The zero-order valence-corrected chi connectivity index (χ0v) is 15.3.